The van der Waals surface area contributed by atoms with Crippen LogP contribution in [0.5, 0.6) is 0 Å². The van der Waals surface area contributed by atoms with Gasteiger partial charge in [-0.1, -0.05) is 0 Å². The first kappa shape index (κ1) is 14.8. The van der Waals surface area contributed by atoms with Crippen LogP contribution in [0.4, 0.5) is 5.82 Å². The molecule has 5 heteroatoms. The van der Waals surface area contributed by atoms with E-state index in [1.54, 1.807) is 6.07 Å². The summed E-state index contributed by atoms with van der Waals surface area (Å²) in [4.78, 5) is 18.0. The number of hydrogen-bond donors (Lipinski definition) is 2. The van der Waals surface area contributed by atoms with E-state index in [0.717, 1.165) is 56.5 Å². The molecule has 5 nitrogen and oxygen atoms in total. The Morgan fingerprint density at radius 1 is 1.40 bits per heavy atom. The van der Waals surface area contributed by atoms with Crippen molar-refractivity contribution in [3.63, 3.8) is 0 Å². The van der Waals surface area contributed by atoms with E-state index in [1.807, 2.05) is 14.1 Å². The maximum atomic E-state index is 11.4. The van der Waals surface area contributed by atoms with Gasteiger partial charge in [0.15, 0.2) is 0 Å². The highest BCUT2D eigenvalue weighted by Gasteiger charge is 2.18. The van der Waals surface area contributed by atoms with E-state index < -0.39 is 5.97 Å². The van der Waals surface area contributed by atoms with Gasteiger partial charge in [0.2, 0.25) is 0 Å². The lowest BCUT2D eigenvalue weighted by atomic mass is 9.94. The predicted molar refractivity (Wildman–Crippen MR) is 79.5 cm³/mol. The van der Waals surface area contributed by atoms with Gasteiger partial charge in [-0.3, -0.25) is 0 Å². The van der Waals surface area contributed by atoms with Crippen LogP contribution in [0.15, 0.2) is 6.07 Å². The summed E-state index contributed by atoms with van der Waals surface area (Å²) in [6, 6.07) is 1.80. The number of aromatic nitrogens is 1. The molecule has 0 saturated heterocycles. The van der Waals surface area contributed by atoms with Gasteiger partial charge in [0.1, 0.15) is 11.4 Å². The first-order valence-corrected chi connectivity index (χ1v) is 7.22. The SMILES string of the molecule is CN(C)CCCNc1nc2c(cc1C(=O)O)CCCC2. The molecule has 1 heterocycles. The molecule has 0 atom stereocenters. The average molecular weight is 277 g/mol. The van der Waals surface area contributed by atoms with Crippen LogP contribution in [0, 0.1) is 0 Å². The number of carboxylic acid groups (broad SMARTS) is 1. The monoisotopic (exact) mass is 277 g/mol. The van der Waals surface area contributed by atoms with Crippen molar-refractivity contribution in [3.8, 4) is 0 Å². The van der Waals surface area contributed by atoms with Crippen molar-refractivity contribution in [2.75, 3.05) is 32.5 Å². The summed E-state index contributed by atoms with van der Waals surface area (Å²) in [5.74, 6) is -0.377. The normalized spacial score (nSPS) is 14.2. The summed E-state index contributed by atoms with van der Waals surface area (Å²) in [6.07, 6.45) is 5.14. The van der Waals surface area contributed by atoms with Crippen molar-refractivity contribution in [1.82, 2.24) is 9.88 Å². The number of anilines is 1. The average Bonchev–Trinajstić information content (AvgIpc) is 2.42. The fourth-order valence-corrected chi connectivity index (χ4v) is 2.53. The topological polar surface area (TPSA) is 65.5 Å². The second-order valence-corrected chi connectivity index (χ2v) is 5.59. The van der Waals surface area contributed by atoms with Gasteiger partial charge in [-0.05, 0) is 64.4 Å². The number of carboxylic acids is 1. The molecule has 2 N–H and O–H groups in total. The minimum absolute atomic E-state index is 0.301. The molecule has 2 rings (SSSR count). The number of aryl methyl sites for hydroxylation is 2. The van der Waals surface area contributed by atoms with Crippen LogP contribution in [0.1, 0.15) is 40.9 Å². The third kappa shape index (κ3) is 3.70. The zero-order valence-electron chi connectivity index (χ0n) is 12.3. The number of pyridine rings is 1. The van der Waals surface area contributed by atoms with Crippen molar-refractivity contribution in [2.45, 2.75) is 32.1 Å². The molecule has 110 valence electrons. The van der Waals surface area contributed by atoms with Crippen molar-refractivity contribution in [1.29, 1.82) is 0 Å². The van der Waals surface area contributed by atoms with Gasteiger partial charge in [0, 0.05) is 12.2 Å². The van der Waals surface area contributed by atoms with E-state index >= 15 is 0 Å². The third-order valence-electron chi connectivity index (χ3n) is 3.61. The lowest BCUT2D eigenvalue weighted by Crippen LogP contribution is -2.18. The van der Waals surface area contributed by atoms with Gasteiger partial charge >= 0.3 is 5.97 Å². The standard InChI is InChI=1S/C15H23N3O2/c1-18(2)9-5-8-16-14-12(15(19)20)10-11-6-3-4-7-13(11)17-14/h10H,3-9H2,1-2H3,(H,16,17)(H,19,20). The highest BCUT2D eigenvalue weighted by molar-refractivity contribution is 5.93. The molecule has 1 aromatic rings. The smallest absolute Gasteiger partial charge is 0.339 e. The fraction of sp³-hybridized carbons (Fsp3) is 0.600. The largest absolute Gasteiger partial charge is 0.478 e. The molecule has 0 fully saturated rings. The minimum atomic E-state index is -0.902. The number of nitrogens with zero attached hydrogens (tertiary/aromatic N) is 2. The summed E-state index contributed by atoms with van der Waals surface area (Å²) in [5, 5.41) is 12.5. The maximum Gasteiger partial charge on any atom is 0.339 e. The van der Waals surface area contributed by atoms with E-state index in [1.165, 1.54) is 0 Å². The zero-order valence-corrected chi connectivity index (χ0v) is 12.3. The minimum Gasteiger partial charge on any atom is -0.478 e. The maximum absolute atomic E-state index is 11.4. The zero-order chi connectivity index (χ0) is 14.5. The summed E-state index contributed by atoms with van der Waals surface area (Å²) in [5.41, 5.74) is 2.47. The number of fused-ring (bicyclic) bond motifs is 1. The van der Waals surface area contributed by atoms with Crippen LogP contribution >= 0.6 is 0 Å². The van der Waals surface area contributed by atoms with Crippen LogP contribution < -0.4 is 5.32 Å². The van der Waals surface area contributed by atoms with Crippen LogP contribution in [0.3, 0.4) is 0 Å². The molecular formula is C15H23N3O2. The van der Waals surface area contributed by atoms with Gasteiger partial charge in [0.05, 0.1) is 0 Å². The summed E-state index contributed by atoms with van der Waals surface area (Å²) in [7, 11) is 4.06. The second kappa shape index (κ2) is 6.70. The van der Waals surface area contributed by atoms with Crippen molar-refractivity contribution in [3.05, 3.63) is 22.9 Å². The van der Waals surface area contributed by atoms with Crippen LogP contribution in [-0.2, 0) is 12.8 Å². The van der Waals surface area contributed by atoms with Gasteiger partial charge in [-0.15, -0.1) is 0 Å². The highest BCUT2D eigenvalue weighted by Crippen LogP contribution is 2.24. The fourth-order valence-electron chi connectivity index (χ4n) is 2.53. The molecule has 0 spiro atoms. The van der Waals surface area contributed by atoms with Gasteiger partial charge in [0.25, 0.3) is 0 Å². The Labute approximate surface area is 120 Å². The highest BCUT2D eigenvalue weighted by atomic mass is 16.4. The van der Waals surface area contributed by atoms with Crippen molar-refractivity contribution in [2.24, 2.45) is 0 Å². The molecule has 1 aliphatic rings. The van der Waals surface area contributed by atoms with E-state index in [2.05, 4.69) is 15.2 Å². The molecule has 1 aromatic heterocycles. The Kier molecular flexibility index (Phi) is 4.95. The van der Waals surface area contributed by atoms with E-state index in [-0.39, 0.29) is 0 Å². The lowest BCUT2D eigenvalue weighted by molar-refractivity contribution is 0.0697. The Balaban J connectivity index is 2.11. The first-order chi connectivity index (χ1) is 9.58. The molecule has 0 saturated carbocycles. The summed E-state index contributed by atoms with van der Waals surface area (Å²) >= 11 is 0. The molecule has 0 amide bonds. The summed E-state index contributed by atoms with van der Waals surface area (Å²) in [6.45, 7) is 1.71. The molecule has 0 bridgehead atoms. The Morgan fingerprint density at radius 2 is 2.15 bits per heavy atom. The van der Waals surface area contributed by atoms with Crippen molar-refractivity contribution < 1.29 is 9.90 Å². The second-order valence-electron chi connectivity index (χ2n) is 5.59. The Hall–Kier alpha value is -1.62. The third-order valence-corrected chi connectivity index (χ3v) is 3.61. The molecule has 1 aliphatic carbocycles. The van der Waals surface area contributed by atoms with E-state index in [4.69, 9.17) is 0 Å². The van der Waals surface area contributed by atoms with E-state index in [0.29, 0.717) is 11.4 Å². The molecule has 0 unspecified atom stereocenters. The number of rotatable bonds is 6. The molecular weight excluding hydrogens is 254 g/mol. The lowest BCUT2D eigenvalue weighted by Gasteiger charge is -2.18. The number of hydrogen-bond acceptors (Lipinski definition) is 4. The number of aromatic carboxylic acids is 1. The predicted octanol–water partition coefficient (Wildman–Crippen LogP) is 2.02. The van der Waals surface area contributed by atoms with E-state index in [9.17, 15) is 9.90 Å². The molecule has 0 aliphatic heterocycles. The van der Waals surface area contributed by atoms with Gasteiger partial charge < -0.3 is 15.3 Å². The van der Waals surface area contributed by atoms with Crippen molar-refractivity contribution >= 4 is 11.8 Å². The van der Waals surface area contributed by atoms with Gasteiger partial charge in [-0.25, -0.2) is 9.78 Å². The molecule has 0 radical (unpaired) electrons. The quantitative estimate of drug-likeness (QED) is 0.779. The van der Waals surface area contributed by atoms with Gasteiger partial charge in [-0.2, -0.15) is 0 Å². The Morgan fingerprint density at radius 3 is 2.85 bits per heavy atom. The number of nitrogens with one attached hydrogen (secondary N) is 1. The first-order valence-electron chi connectivity index (χ1n) is 7.22. The molecule has 20 heavy (non-hydrogen) atoms. The van der Waals surface area contributed by atoms with Crippen LogP contribution in [-0.4, -0.2) is 48.1 Å². The van der Waals surface area contributed by atoms with Crippen LogP contribution in [0.25, 0.3) is 0 Å². The number of carbonyl (C=O) groups is 1. The molecule has 0 aromatic carbocycles. The van der Waals surface area contributed by atoms with Crippen LogP contribution in [0.2, 0.25) is 0 Å². The Bertz CT molecular complexity index is 486. The summed E-state index contributed by atoms with van der Waals surface area (Å²) < 4.78 is 0.